The van der Waals surface area contributed by atoms with Gasteiger partial charge in [-0.2, -0.15) is 0 Å². The minimum Gasteiger partial charge on any atom is -0.449 e. The van der Waals surface area contributed by atoms with E-state index in [9.17, 15) is 28.8 Å². The summed E-state index contributed by atoms with van der Waals surface area (Å²) in [6.45, 7) is 1.16. The van der Waals surface area contributed by atoms with Crippen LogP contribution < -0.4 is 27.8 Å². The van der Waals surface area contributed by atoms with Gasteiger partial charge < -0.3 is 46.9 Å². The second-order valence-corrected chi connectivity index (χ2v) is 10.9. The molecule has 0 bridgehead atoms. The van der Waals surface area contributed by atoms with Crippen LogP contribution >= 0.6 is 0 Å². The van der Waals surface area contributed by atoms with E-state index in [0.29, 0.717) is 11.3 Å². The van der Waals surface area contributed by atoms with Gasteiger partial charge in [-0.25, -0.2) is 9.59 Å². The van der Waals surface area contributed by atoms with E-state index < -0.39 is 65.3 Å². The van der Waals surface area contributed by atoms with Gasteiger partial charge in [-0.05, 0) is 31.7 Å². The van der Waals surface area contributed by atoms with E-state index in [-0.39, 0.29) is 48.7 Å². The number of fused-ring (bicyclic) bond motifs is 4. The van der Waals surface area contributed by atoms with Crippen LogP contribution in [-0.4, -0.2) is 96.5 Å². The van der Waals surface area contributed by atoms with Crippen molar-refractivity contribution in [3.8, 4) is 0 Å². The van der Waals surface area contributed by atoms with Gasteiger partial charge in [0.05, 0.1) is 35.8 Å². The fraction of sp³-hybridized carbons (Fsp3) is 0.429. The summed E-state index contributed by atoms with van der Waals surface area (Å²) in [5.74, 6) is -3.02. The third-order valence-electron chi connectivity index (χ3n) is 8.55. The number of ketones is 2. The van der Waals surface area contributed by atoms with Crippen LogP contribution in [0.2, 0.25) is 0 Å². The number of amides is 4. The SMILES string of the molecule is CN[C@H](CC(N)=O)C(=O)Nc1ccc(COC(=O)N2[C@H]3[C@@H]2CN2C4=C(C(=O)C(N)=C(C)C4=O)[C@H](COC(N)=O)[C@]32OC)cc1. The first-order valence-electron chi connectivity index (χ1n) is 13.7. The summed E-state index contributed by atoms with van der Waals surface area (Å²) in [7, 11) is 2.93. The number of nitrogens with two attached hydrogens (primary N) is 3. The molecule has 3 heterocycles. The van der Waals surface area contributed by atoms with Crippen LogP contribution in [-0.2, 0) is 40.0 Å². The van der Waals surface area contributed by atoms with E-state index in [4.69, 9.17) is 31.4 Å². The highest BCUT2D eigenvalue weighted by Gasteiger charge is 2.78. The van der Waals surface area contributed by atoms with Crippen LogP contribution in [0.15, 0.2) is 46.8 Å². The minimum absolute atomic E-state index is 0.0581. The molecule has 4 amide bonds. The normalized spacial score (nSPS) is 25.8. The van der Waals surface area contributed by atoms with Crippen molar-refractivity contribution in [2.24, 2.45) is 23.1 Å². The molecule has 234 valence electrons. The van der Waals surface area contributed by atoms with Gasteiger partial charge in [0.15, 0.2) is 5.72 Å². The van der Waals surface area contributed by atoms with E-state index >= 15 is 0 Å². The summed E-state index contributed by atoms with van der Waals surface area (Å²) in [4.78, 5) is 78.0. The molecular weight excluding hydrogens is 578 g/mol. The lowest BCUT2D eigenvalue weighted by molar-refractivity contribution is -0.144. The Morgan fingerprint density at radius 3 is 2.36 bits per heavy atom. The molecular formula is C28H33N7O9. The lowest BCUT2D eigenvalue weighted by Crippen LogP contribution is -2.56. The van der Waals surface area contributed by atoms with E-state index in [0.717, 1.165) is 0 Å². The zero-order chi connectivity index (χ0) is 32.1. The Morgan fingerprint density at radius 2 is 1.77 bits per heavy atom. The van der Waals surface area contributed by atoms with Gasteiger partial charge in [-0.3, -0.25) is 24.1 Å². The third kappa shape index (κ3) is 4.81. The molecule has 5 rings (SSSR count). The Bertz CT molecular complexity index is 1520. The average molecular weight is 612 g/mol. The first kappa shape index (κ1) is 30.5. The quantitative estimate of drug-likeness (QED) is 0.155. The molecule has 3 aliphatic heterocycles. The van der Waals surface area contributed by atoms with Gasteiger partial charge in [0.1, 0.15) is 19.3 Å². The molecule has 5 atom stereocenters. The molecule has 2 saturated heterocycles. The van der Waals surface area contributed by atoms with Crippen molar-refractivity contribution in [3.63, 3.8) is 0 Å². The summed E-state index contributed by atoms with van der Waals surface area (Å²) in [5, 5.41) is 5.42. The van der Waals surface area contributed by atoms with E-state index in [1.54, 1.807) is 36.2 Å². The number of piperazine rings is 1. The van der Waals surface area contributed by atoms with Crippen molar-refractivity contribution in [2.45, 2.75) is 43.8 Å². The van der Waals surface area contributed by atoms with Crippen molar-refractivity contribution in [3.05, 3.63) is 52.4 Å². The number of carbonyl (C=O) groups is 6. The molecule has 0 spiro atoms. The van der Waals surface area contributed by atoms with Crippen LogP contribution in [0.25, 0.3) is 0 Å². The standard InChI is InChI=1S/C28H33N7O9/c1-12-20(30)23(38)19-15(11-43-26(31)40)28(42-3)24-17(9-34(28)21(19)22(12)37)35(24)27(41)44-10-13-4-6-14(7-5-13)33-25(39)16(32-2)8-18(29)36/h4-7,15-17,24,32H,8-11,30H2,1-3H3,(H2,29,36)(H2,31,40)(H,33,39)/t15-,16+,17-,24-,28-,35?/m0/s1. The second kappa shape index (κ2) is 11.3. The monoisotopic (exact) mass is 611 g/mol. The van der Waals surface area contributed by atoms with Crippen LogP contribution in [0.5, 0.6) is 0 Å². The number of hydrogen-bond acceptors (Lipinski definition) is 12. The maximum absolute atomic E-state index is 13.3. The van der Waals surface area contributed by atoms with Crippen LogP contribution in [0.4, 0.5) is 15.3 Å². The molecule has 2 fully saturated rings. The number of anilines is 1. The largest absolute Gasteiger partial charge is 0.449 e. The van der Waals surface area contributed by atoms with E-state index in [1.807, 2.05) is 0 Å². The maximum Gasteiger partial charge on any atom is 0.410 e. The molecule has 1 aliphatic carbocycles. The zero-order valence-electron chi connectivity index (χ0n) is 24.2. The highest BCUT2D eigenvalue weighted by atomic mass is 16.6. The molecule has 0 unspecified atom stereocenters. The van der Waals surface area contributed by atoms with Crippen LogP contribution in [0.3, 0.4) is 0 Å². The Kier molecular flexibility index (Phi) is 7.81. The van der Waals surface area contributed by atoms with Gasteiger partial charge >= 0.3 is 12.2 Å². The van der Waals surface area contributed by atoms with Crippen molar-refractivity contribution in [2.75, 3.05) is 32.6 Å². The smallest absolute Gasteiger partial charge is 0.410 e. The lowest BCUT2D eigenvalue weighted by atomic mass is 9.82. The number of allylic oxidation sites excluding steroid dienone is 2. The average Bonchev–Trinajstić information content (AvgIpc) is 3.50. The summed E-state index contributed by atoms with van der Waals surface area (Å²) in [6, 6.07) is 4.74. The first-order chi connectivity index (χ1) is 20.9. The predicted octanol–water partition coefficient (Wildman–Crippen LogP) is -1.20. The topological polar surface area (TPSA) is 238 Å². The van der Waals surface area contributed by atoms with Gasteiger partial charge in [0.25, 0.3) is 0 Å². The predicted molar refractivity (Wildman–Crippen MR) is 151 cm³/mol. The summed E-state index contributed by atoms with van der Waals surface area (Å²) >= 11 is 0. The molecule has 1 aromatic carbocycles. The van der Waals surface area contributed by atoms with Crippen molar-refractivity contribution in [1.29, 1.82) is 0 Å². The van der Waals surface area contributed by atoms with Crippen LogP contribution in [0.1, 0.15) is 18.9 Å². The molecule has 44 heavy (non-hydrogen) atoms. The molecule has 1 aromatic rings. The van der Waals surface area contributed by atoms with Gasteiger partial charge in [-0.15, -0.1) is 0 Å². The minimum atomic E-state index is -1.40. The van der Waals surface area contributed by atoms with Crippen LogP contribution in [0, 0.1) is 5.92 Å². The number of hydrogen-bond donors (Lipinski definition) is 5. The van der Waals surface area contributed by atoms with Crippen molar-refractivity contribution >= 4 is 41.3 Å². The summed E-state index contributed by atoms with van der Waals surface area (Å²) in [5.41, 5.74) is 16.1. The number of primary amides is 2. The zero-order valence-corrected chi connectivity index (χ0v) is 24.2. The van der Waals surface area contributed by atoms with Gasteiger partial charge in [-0.1, -0.05) is 12.1 Å². The Balaban J connectivity index is 1.27. The van der Waals surface area contributed by atoms with Gasteiger partial charge in [0, 0.05) is 30.5 Å². The number of likely N-dealkylation sites (N-methyl/N-ethyl adjacent to an activating group) is 1. The molecule has 4 aliphatic rings. The molecule has 0 saturated carbocycles. The Labute approximate surface area is 251 Å². The van der Waals surface area contributed by atoms with E-state index in [1.165, 1.54) is 18.9 Å². The molecule has 0 radical (unpaired) electrons. The molecule has 0 aromatic heterocycles. The Hall–Kier alpha value is -4.96. The van der Waals surface area contributed by atoms with Crippen molar-refractivity contribution in [1.82, 2.24) is 15.1 Å². The van der Waals surface area contributed by atoms with Gasteiger partial charge in [0.2, 0.25) is 23.4 Å². The maximum atomic E-state index is 13.3. The Morgan fingerprint density at radius 1 is 1.09 bits per heavy atom. The highest BCUT2D eigenvalue weighted by Crippen LogP contribution is 2.59. The summed E-state index contributed by atoms with van der Waals surface area (Å²) < 4.78 is 16.6. The third-order valence-corrected chi connectivity index (χ3v) is 8.55. The number of ether oxygens (including phenoxy) is 3. The number of benzene rings is 1. The molecule has 8 N–H and O–H groups in total. The summed E-state index contributed by atoms with van der Waals surface area (Å²) in [6.07, 6.45) is -1.89. The van der Waals surface area contributed by atoms with E-state index in [2.05, 4.69) is 10.6 Å². The number of Topliss-reactive ketones (excluding diaryl/α,β-unsaturated/α-hetero) is 2. The second-order valence-electron chi connectivity index (χ2n) is 10.9. The molecule has 16 nitrogen and oxygen atoms in total. The number of methoxy groups -OCH3 is 1. The number of carbonyl (C=O) groups excluding carboxylic acids is 6. The number of nitrogens with zero attached hydrogens (tertiary/aromatic N) is 2. The fourth-order valence-corrected chi connectivity index (χ4v) is 6.39. The highest BCUT2D eigenvalue weighted by molar-refractivity contribution is 6.25. The fourth-order valence-electron chi connectivity index (χ4n) is 6.39. The molecule has 16 heteroatoms. The van der Waals surface area contributed by atoms with Crippen molar-refractivity contribution < 1.29 is 43.0 Å². The number of rotatable bonds is 10. The number of nitrogens with one attached hydrogen (secondary N) is 2. The lowest BCUT2D eigenvalue weighted by Gasteiger charge is -2.40. The first-order valence-corrected chi connectivity index (χ1v) is 13.7.